The van der Waals surface area contributed by atoms with Gasteiger partial charge in [0, 0.05) is 23.8 Å². The van der Waals surface area contributed by atoms with Crippen molar-refractivity contribution >= 4 is 35.6 Å². The van der Waals surface area contributed by atoms with Crippen LogP contribution < -0.4 is 10.6 Å². The summed E-state index contributed by atoms with van der Waals surface area (Å²) in [5, 5.41) is 0.569. The molecule has 0 atom stereocenters. The van der Waals surface area contributed by atoms with Gasteiger partial charge in [0.05, 0.1) is 5.56 Å². The number of hydrogen-bond donors (Lipinski definition) is 1. The lowest BCUT2D eigenvalue weighted by molar-refractivity contribution is 0.0983. The van der Waals surface area contributed by atoms with Gasteiger partial charge >= 0.3 is 0 Å². The Morgan fingerprint density at radius 2 is 1.76 bits per heavy atom. The van der Waals surface area contributed by atoms with Crippen LogP contribution in [0.15, 0.2) is 48.5 Å². The molecular weight excluding hydrogens is 314 g/mol. The average molecular weight is 329 g/mol. The summed E-state index contributed by atoms with van der Waals surface area (Å²) in [6.45, 7) is 0.581. The fourth-order valence-electron chi connectivity index (χ4n) is 1.88. The van der Waals surface area contributed by atoms with Crippen LogP contribution in [0.25, 0.3) is 0 Å². The van der Waals surface area contributed by atoms with Gasteiger partial charge in [0.25, 0.3) is 5.91 Å². The van der Waals surface area contributed by atoms with Crippen molar-refractivity contribution < 1.29 is 9.18 Å². The van der Waals surface area contributed by atoms with Gasteiger partial charge in [-0.1, -0.05) is 23.7 Å². The topological polar surface area (TPSA) is 46.3 Å². The third-order valence-corrected chi connectivity index (χ3v) is 3.09. The summed E-state index contributed by atoms with van der Waals surface area (Å²) >= 11 is 5.83. The highest BCUT2D eigenvalue weighted by Gasteiger charge is 2.19. The number of hydrogen-bond acceptors (Lipinski definition) is 2. The normalized spacial score (nSPS) is 9.86. The number of rotatable bonds is 4. The molecule has 2 aromatic rings. The summed E-state index contributed by atoms with van der Waals surface area (Å²) < 4.78 is 13.7. The van der Waals surface area contributed by atoms with E-state index in [4.69, 9.17) is 17.3 Å². The number of halogens is 3. The Bertz CT molecular complexity index is 605. The molecule has 0 spiro atoms. The maximum absolute atomic E-state index is 13.7. The van der Waals surface area contributed by atoms with Crippen LogP contribution in [0.1, 0.15) is 10.4 Å². The number of carbonyl (C=O) groups excluding carboxylic acids is 1. The summed E-state index contributed by atoms with van der Waals surface area (Å²) in [7, 11) is 0. The Kier molecular flexibility index (Phi) is 6.62. The van der Waals surface area contributed by atoms with Gasteiger partial charge in [0.1, 0.15) is 5.82 Å². The van der Waals surface area contributed by atoms with Gasteiger partial charge < -0.3 is 10.6 Å². The van der Waals surface area contributed by atoms with E-state index in [0.29, 0.717) is 17.3 Å². The maximum atomic E-state index is 13.7. The molecule has 0 fully saturated rings. The van der Waals surface area contributed by atoms with Gasteiger partial charge in [-0.15, -0.1) is 12.4 Å². The first-order valence-corrected chi connectivity index (χ1v) is 6.53. The molecule has 2 rings (SSSR count). The molecule has 0 saturated heterocycles. The molecule has 1 amide bonds. The second kappa shape index (κ2) is 7.98. The maximum Gasteiger partial charge on any atom is 0.261 e. The number of anilines is 1. The van der Waals surface area contributed by atoms with Crippen molar-refractivity contribution in [3.05, 3.63) is 64.9 Å². The van der Waals surface area contributed by atoms with Gasteiger partial charge in [0.15, 0.2) is 0 Å². The summed E-state index contributed by atoms with van der Waals surface area (Å²) in [4.78, 5) is 13.9. The van der Waals surface area contributed by atoms with Crippen LogP contribution in [0.5, 0.6) is 0 Å². The van der Waals surface area contributed by atoms with E-state index in [9.17, 15) is 9.18 Å². The smallest absolute Gasteiger partial charge is 0.261 e. The fraction of sp³-hybridized carbons (Fsp3) is 0.133. The molecular formula is C15H15Cl2FN2O. The minimum Gasteiger partial charge on any atom is -0.329 e. The third kappa shape index (κ3) is 4.17. The zero-order chi connectivity index (χ0) is 14.5. The molecule has 0 aliphatic heterocycles. The van der Waals surface area contributed by atoms with E-state index in [1.54, 1.807) is 36.4 Å². The van der Waals surface area contributed by atoms with E-state index >= 15 is 0 Å². The van der Waals surface area contributed by atoms with Gasteiger partial charge in [-0.2, -0.15) is 0 Å². The van der Waals surface area contributed by atoms with Crippen LogP contribution in [-0.2, 0) is 0 Å². The SMILES string of the molecule is Cl.NCCN(C(=O)c1ccccc1F)c1ccc(Cl)cc1. The summed E-state index contributed by atoms with van der Waals surface area (Å²) in [6.07, 6.45) is 0. The van der Waals surface area contributed by atoms with Crippen LogP contribution in [-0.4, -0.2) is 19.0 Å². The molecule has 3 nitrogen and oxygen atoms in total. The molecule has 112 valence electrons. The van der Waals surface area contributed by atoms with E-state index in [-0.39, 0.29) is 24.5 Å². The number of carbonyl (C=O) groups is 1. The lowest BCUT2D eigenvalue weighted by Gasteiger charge is -2.22. The standard InChI is InChI=1S/C15H14ClFN2O.ClH/c16-11-5-7-12(8-6-11)19(10-9-18)15(20)13-3-1-2-4-14(13)17;/h1-8H,9-10,18H2;1H. The zero-order valence-electron chi connectivity index (χ0n) is 11.1. The predicted octanol–water partition coefficient (Wildman–Crippen LogP) is 3.51. The summed E-state index contributed by atoms with van der Waals surface area (Å²) in [6, 6.07) is 12.6. The van der Waals surface area contributed by atoms with Crippen LogP contribution in [0, 0.1) is 5.82 Å². The summed E-state index contributed by atoms with van der Waals surface area (Å²) in [5.41, 5.74) is 6.19. The van der Waals surface area contributed by atoms with Crippen molar-refractivity contribution in [1.29, 1.82) is 0 Å². The molecule has 0 aliphatic rings. The average Bonchev–Trinajstić information content (AvgIpc) is 2.46. The predicted molar refractivity (Wildman–Crippen MR) is 85.8 cm³/mol. The molecule has 0 aromatic heterocycles. The molecule has 0 radical (unpaired) electrons. The summed E-state index contributed by atoms with van der Waals surface area (Å²) in [5.74, 6) is -0.968. The third-order valence-electron chi connectivity index (χ3n) is 2.84. The first kappa shape index (κ1) is 17.4. The second-order valence-corrected chi connectivity index (χ2v) is 4.64. The van der Waals surface area contributed by atoms with Gasteiger partial charge in [0.2, 0.25) is 0 Å². The van der Waals surface area contributed by atoms with Crippen molar-refractivity contribution in [2.75, 3.05) is 18.0 Å². The van der Waals surface area contributed by atoms with Crippen LogP contribution in [0.2, 0.25) is 5.02 Å². The van der Waals surface area contributed by atoms with E-state index in [2.05, 4.69) is 0 Å². The second-order valence-electron chi connectivity index (χ2n) is 4.20. The van der Waals surface area contributed by atoms with Crippen LogP contribution >= 0.6 is 24.0 Å². The van der Waals surface area contributed by atoms with E-state index < -0.39 is 11.7 Å². The van der Waals surface area contributed by atoms with E-state index in [1.807, 2.05) is 0 Å². The molecule has 21 heavy (non-hydrogen) atoms. The highest BCUT2D eigenvalue weighted by molar-refractivity contribution is 6.30. The molecule has 0 heterocycles. The van der Waals surface area contributed by atoms with E-state index in [0.717, 1.165) is 0 Å². The molecule has 2 aromatic carbocycles. The highest BCUT2D eigenvalue weighted by Crippen LogP contribution is 2.20. The molecule has 2 N–H and O–H groups in total. The number of amides is 1. The van der Waals surface area contributed by atoms with Crippen molar-refractivity contribution in [3.63, 3.8) is 0 Å². The lowest BCUT2D eigenvalue weighted by Crippen LogP contribution is -2.35. The van der Waals surface area contributed by atoms with Gasteiger partial charge in [-0.25, -0.2) is 4.39 Å². The number of nitrogens with two attached hydrogens (primary N) is 1. The molecule has 6 heteroatoms. The van der Waals surface area contributed by atoms with Gasteiger partial charge in [-0.3, -0.25) is 4.79 Å². The Morgan fingerprint density at radius 1 is 1.14 bits per heavy atom. The molecule has 0 saturated carbocycles. The number of benzene rings is 2. The minimum absolute atomic E-state index is 0. The Hall–Kier alpha value is -1.62. The fourth-order valence-corrected chi connectivity index (χ4v) is 2.00. The quantitative estimate of drug-likeness (QED) is 0.933. The van der Waals surface area contributed by atoms with Crippen molar-refractivity contribution in [3.8, 4) is 0 Å². The lowest BCUT2D eigenvalue weighted by atomic mass is 10.1. The first-order valence-electron chi connectivity index (χ1n) is 6.15. The van der Waals surface area contributed by atoms with Crippen LogP contribution in [0.4, 0.5) is 10.1 Å². The Balaban J connectivity index is 0.00000220. The molecule has 0 aliphatic carbocycles. The number of nitrogens with zero attached hydrogens (tertiary/aromatic N) is 1. The zero-order valence-corrected chi connectivity index (χ0v) is 12.7. The van der Waals surface area contributed by atoms with Crippen LogP contribution in [0.3, 0.4) is 0 Å². The van der Waals surface area contributed by atoms with Gasteiger partial charge in [-0.05, 0) is 36.4 Å². The molecule has 0 bridgehead atoms. The monoisotopic (exact) mass is 328 g/mol. The highest BCUT2D eigenvalue weighted by atomic mass is 35.5. The Labute approximate surface area is 133 Å². The first-order chi connectivity index (χ1) is 9.63. The Morgan fingerprint density at radius 3 is 2.33 bits per heavy atom. The molecule has 0 unspecified atom stereocenters. The van der Waals surface area contributed by atoms with Crippen molar-refractivity contribution in [2.24, 2.45) is 5.73 Å². The minimum atomic E-state index is -0.548. The van der Waals surface area contributed by atoms with Crippen molar-refractivity contribution in [2.45, 2.75) is 0 Å². The van der Waals surface area contributed by atoms with Crippen molar-refractivity contribution in [1.82, 2.24) is 0 Å². The van der Waals surface area contributed by atoms with E-state index in [1.165, 1.54) is 17.0 Å². The largest absolute Gasteiger partial charge is 0.329 e.